The third-order valence-corrected chi connectivity index (χ3v) is 3.34. The van der Waals surface area contributed by atoms with Gasteiger partial charge in [-0.05, 0) is 52.7 Å². The van der Waals surface area contributed by atoms with Crippen molar-refractivity contribution in [2.45, 2.75) is 6.92 Å². The lowest BCUT2D eigenvalue weighted by molar-refractivity contribution is 0.102. The smallest absolute Gasteiger partial charge is 0.274 e. The van der Waals surface area contributed by atoms with E-state index in [-0.39, 0.29) is 5.91 Å². The van der Waals surface area contributed by atoms with Crippen molar-refractivity contribution in [3.8, 4) is 0 Å². The fourth-order valence-electron chi connectivity index (χ4n) is 1.63. The maximum Gasteiger partial charge on any atom is 0.274 e. The number of halogens is 1. The summed E-state index contributed by atoms with van der Waals surface area (Å²) in [4.78, 5) is 16.2. The second kappa shape index (κ2) is 5.84. The fraction of sp³-hybridized carbons (Fsp3) is 0.143. The van der Waals surface area contributed by atoms with Crippen molar-refractivity contribution in [3.05, 3.63) is 52.3 Å². The summed E-state index contributed by atoms with van der Waals surface area (Å²) in [6, 6.07) is 9.30. The van der Waals surface area contributed by atoms with Gasteiger partial charge in [0.25, 0.3) is 5.91 Å². The molecule has 4 nitrogen and oxygen atoms in total. The first-order valence-corrected chi connectivity index (χ1v) is 6.61. The Hall–Kier alpha value is -1.88. The van der Waals surface area contributed by atoms with Gasteiger partial charge in [0.15, 0.2) is 0 Å². The molecule has 0 aliphatic heterocycles. The molecule has 1 aromatic heterocycles. The number of hydrogen-bond donors (Lipinski definition) is 2. The van der Waals surface area contributed by atoms with Gasteiger partial charge in [0.2, 0.25) is 0 Å². The predicted octanol–water partition coefficient (Wildman–Crippen LogP) is 3.45. The van der Waals surface area contributed by atoms with Gasteiger partial charge in [0.1, 0.15) is 5.69 Å². The van der Waals surface area contributed by atoms with Gasteiger partial charge in [0.05, 0.1) is 5.69 Å². The van der Waals surface area contributed by atoms with E-state index in [1.165, 1.54) is 0 Å². The second-order valence-corrected chi connectivity index (χ2v) is 4.97. The molecule has 0 fully saturated rings. The topological polar surface area (TPSA) is 54.0 Å². The van der Waals surface area contributed by atoms with E-state index >= 15 is 0 Å². The molecule has 0 radical (unpaired) electrons. The summed E-state index contributed by atoms with van der Waals surface area (Å²) in [5.41, 5.74) is 3.04. The summed E-state index contributed by atoms with van der Waals surface area (Å²) in [5, 5.41) is 5.82. The Morgan fingerprint density at radius 3 is 2.79 bits per heavy atom. The number of carbonyl (C=O) groups is 1. The largest absolute Gasteiger partial charge is 0.388 e. The lowest BCUT2D eigenvalue weighted by Gasteiger charge is -2.08. The minimum absolute atomic E-state index is 0.233. The van der Waals surface area contributed by atoms with Crippen molar-refractivity contribution in [1.82, 2.24) is 4.98 Å². The van der Waals surface area contributed by atoms with Crippen LogP contribution in [0.1, 0.15) is 16.1 Å². The van der Waals surface area contributed by atoms with Crippen LogP contribution in [0.5, 0.6) is 0 Å². The van der Waals surface area contributed by atoms with E-state index in [9.17, 15) is 4.79 Å². The van der Waals surface area contributed by atoms with Crippen molar-refractivity contribution in [2.24, 2.45) is 0 Å². The number of nitrogens with zero attached hydrogens (tertiary/aromatic N) is 1. The number of anilines is 2. The first kappa shape index (κ1) is 13.5. The molecule has 19 heavy (non-hydrogen) atoms. The van der Waals surface area contributed by atoms with E-state index < -0.39 is 0 Å². The molecule has 0 atom stereocenters. The lowest BCUT2D eigenvalue weighted by Crippen LogP contribution is -2.14. The van der Waals surface area contributed by atoms with E-state index in [4.69, 9.17) is 0 Å². The van der Waals surface area contributed by atoms with Crippen LogP contribution in [-0.2, 0) is 0 Å². The Labute approximate surface area is 120 Å². The quantitative estimate of drug-likeness (QED) is 0.911. The molecule has 0 saturated carbocycles. The molecule has 0 saturated heterocycles. The van der Waals surface area contributed by atoms with Gasteiger partial charge in [0, 0.05) is 23.4 Å². The molecular weight excluding hydrogens is 306 g/mol. The number of pyridine rings is 1. The summed E-state index contributed by atoms with van der Waals surface area (Å²) >= 11 is 3.41. The van der Waals surface area contributed by atoms with E-state index in [0.717, 1.165) is 21.4 Å². The van der Waals surface area contributed by atoms with Crippen molar-refractivity contribution < 1.29 is 4.79 Å². The standard InChI is InChI=1S/C14H14BrN3O/c1-9-3-4-11(15)12(7-9)18-14(19)13-8-10(16-2)5-6-17-13/h3-8H,1-2H3,(H,16,17)(H,18,19). The van der Waals surface area contributed by atoms with Crippen LogP contribution < -0.4 is 10.6 Å². The first-order valence-electron chi connectivity index (χ1n) is 5.81. The van der Waals surface area contributed by atoms with Crippen LogP contribution in [0.15, 0.2) is 41.0 Å². The number of benzene rings is 1. The number of carbonyl (C=O) groups excluding carboxylic acids is 1. The molecule has 2 rings (SSSR count). The highest BCUT2D eigenvalue weighted by Crippen LogP contribution is 2.23. The molecule has 0 aliphatic carbocycles. The molecule has 0 unspecified atom stereocenters. The number of hydrogen-bond acceptors (Lipinski definition) is 3. The van der Waals surface area contributed by atoms with Crippen LogP contribution in [0.25, 0.3) is 0 Å². The highest BCUT2D eigenvalue weighted by atomic mass is 79.9. The van der Waals surface area contributed by atoms with E-state index in [1.807, 2.05) is 25.1 Å². The van der Waals surface area contributed by atoms with Crippen LogP contribution in [-0.4, -0.2) is 17.9 Å². The SMILES string of the molecule is CNc1ccnc(C(=O)Nc2cc(C)ccc2Br)c1. The normalized spacial score (nSPS) is 10.1. The van der Waals surface area contributed by atoms with Gasteiger partial charge in [-0.3, -0.25) is 9.78 Å². The van der Waals surface area contributed by atoms with Crippen LogP contribution in [0.2, 0.25) is 0 Å². The molecule has 5 heteroatoms. The maximum atomic E-state index is 12.1. The molecule has 98 valence electrons. The Morgan fingerprint density at radius 2 is 2.05 bits per heavy atom. The molecule has 1 aromatic carbocycles. The Balaban J connectivity index is 2.22. The summed E-state index contributed by atoms with van der Waals surface area (Å²) < 4.78 is 0.844. The Morgan fingerprint density at radius 1 is 1.26 bits per heavy atom. The minimum Gasteiger partial charge on any atom is -0.388 e. The molecule has 0 bridgehead atoms. The Bertz CT molecular complexity index is 613. The summed E-state index contributed by atoms with van der Waals surface area (Å²) in [6.07, 6.45) is 1.60. The number of nitrogens with one attached hydrogen (secondary N) is 2. The fourth-order valence-corrected chi connectivity index (χ4v) is 1.98. The molecule has 0 spiro atoms. The third-order valence-electron chi connectivity index (χ3n) is 2.65. The van der Waals surface area contributed by atoms with Gasteiger partial charge < -0.3 is 10.6 Å². The number of amides is 1. The summed E-state index contributed by atoms with van der Waals surface area (Å²) in [6.45, 7) is 1.97. The van der Waals surface area contributed by atoms with Crippen molar-refractivity contribution in [2.75, 3.05) is 17.7 Å². The van der Waals surface area contributed by atoms with Crippen LogP contribution in [0.4, 0.5) is 11.4 Å². The highest BCUT2D eigenvalue weighted by Gasteiger charge is 2.10. The van der Waals surface area contributed by atoms with E-state index in [2.05, 4.69) is 31.5 Å². The number of rotatable bonds is 3. The van der Waals surface area contributed by atoms with Gasteiger partial charge >= 0.3 is 0 Å². The zero-order valence-electron chi connectivity index (χ0n) is 10.7. The maximum absolute atomic E-state index is 12.1. The van der Waals surface area contributed by atoms with Gasteiger partial charge in [-0.15, -0.1) is 0 Å². The number of aryl methyl sites for hydroxylation is 1. The van der Waals surface area contributed by atoms with E-state index in [0.29, 0.717) is 5.69 Å². The average Bonchev–Trinajstić information content (AvgIpc) is 2.43. The van der Waals surface area contributed by atoms with Crippen LogP contribution >= 0.6 is 15.9 Å². The summed E-state index contributed by atoms with van der Waals surface area (Å²) in [5.74, 6) is -0.233. The molecule has 1 heterocycles. The molecule has 0 aliphatic rings. The van der Waals surface area contributed by atoms with E-state index in [1.54, 1.807) is 25.4 Å². The van der Waals surface area contributed by atoms with Crippen molar-refractivity contribution in [1.29, 1.82) is 0 Å². The molecule has 1 amide bonds. The van der Waals surface area contributed by atoms with Gasteiger partial charge in [-0.2, -0.15) is 0 Å². The van der Waals surface area contributed by atoms with Crippen molar-refractivity contribution in [3.63, 3.8) is 0 Å². The average molecular weight is 320 g/mol. The number of aromatic nitrogens is 1. The monoisotopic (exact) mass is 319 g/mol. The van der Waals surface area contributed by atoms with Crippen LogP contribution in [0, 0.1) is 6.92 Å². The minimum atomic E-state index is -0.233. The molecule has 2 N–H and O–H groups in total. The first-order chi connectivity index (χ1) is 9.10. The lowest BCUT2D eigenvalue weighted by atomic mass is 10.2. The molecular formula is C14H14BrN3O. The Kier molecular flexibility index (Phi) is 4.16. The molecule has 2 aromatic rings. The zero-order chi connectivity index (χ0) is 13.8. The van der Waals surface area contributed by atoms with Crippen LogP contribution in [0.3, 0.4) is 0 Å². The second-order valence-electron chi connectivity index (χ2n) is 4.12. The van der Waals surface area contributed by atoms with Crippen molar-refractivity contribution >= 4 is 33.2 Å². The zero-order valence-corrected chi connectivity index (χ0v) is 12.3. The van der Waals surface area contributed by atoms with Gasteiger partial charge in [-0.1, -0.05) is 6.07 Å². The third kappa shape index (κ3) is 3.32. The summed E-state index contributed by atoms with van der Waals surface area (Å²) in [7, 11) is 1.80. The highest BCUT2D eigenvalue weighted by molar-refractivity contribution is 9.10. The van der Waals surface area contributed by atoms with Gasteiger partial charge in [-0.25, -0.2) is 0 Å². The predicted molar refractivity (Wildman–Crippen MR) is 80.6 cm³/mol.